The maximum Gasteiger partial charge on any atom is 0.222 e. The highest BCUT2D eigenvalue weighted by Gasteiger charge is 2.03. The SMILES string of the molecule is COCCC(C)Nc1ncc(F)cn1. The van der Waals surface area contributed by atoms with Gasteiger partial charge in [-0.3, -0.25) is 0 Å². The van der Waals surface area contributed by atoms with Crippen molar-refractivity contribution in [3.63, 3.8) is 0 Å². The van der Waals surface area contributed by atoms with Crippen LogP contribution in [0.5, 0.6) is 0 Å². The summed E-state index contributed by atoms with van der Waals surface area (Å²) in [5.41, 5.74) is 0. The largest absolute Gasteiger partial charge is 0.385 e. The molecule has 78 valence electrons. The highest BCUT2D eigenvalue weighted by atomic mass is 19.1. The molecule has 0 aliphatic carbocycles. The first-order valence-electron chi connectivity index (χ1n) is 4.45. The van der Waals surface area contributed by atoms with Gasteiger partial charge in [0.05, 0.1) is 12.4 Å². The molecule has 0 aliphatic heterocycles. The highest BCUT2D eigenvalue weighted by molar-refractivity contribution is 5.23. The number of methoxy groups -OCH3 is 1. The molecule has 4 nitrogen and oxygen atoms in total. The van der Waals surface area contributed by atoms with Crippen LogP contribution in [0.4, 0.5) is 10.3 Å². The minimum absolute atomic E-state index is 0.209. The van der Waals surface area contributed by atoms with Crippen LogP contribution in [-0.2, 0) is 4.74 Å². The smallest absolute Gasteiger partial charge is 0.222 e. The molecule has 14 heavy (non-hydrogen) atoms. The molecule has 0 aliphatic rings. The second-order valence-corrected chi connectivity index (χ2v) is 3.05. The molecule has 1 aromatic heterocycles. The molecule has 0 saturated heterocycles. The lowest BCUT2D eigenvalue weighted by Gasteiger charge is -2.12. The molecule has 5 heteroatoms. The Labute approximate surface area is 82.5 Å². The van der Waals surface area contributed by atoms with E-state index in [4.69, 9.17) is 4.74 Å². The molecule has 0 radical (unpaired) electrons. The van der Waals surface area contributed by atoms with Gasteiger partial charge in [-0.25, -0.2) is 14.4 Å². The summed E-state index contributed by atoms with van der Waals surface area (Å²) in [4.78, 5) is 7.58. The Kier molecular flexibility index (Phi) is 4.25. The van der Waals surface area contributed by atoms with E-state index in [1.54, 1.807) is 7.11 Å². The average molecular weight is 199 g/mol. The molecule has 1 aromatic rings. The number of aromatic nitrogens is 2. The number of nitrogens with zero attached hydrogens (tertiary/aromatic N) is 2. The van der Waals surface area contributed by atoms with Crippen LogP contribution >= 0.6 is 0 Å². The zero-order valence-corrected chi connectivity index (χ0v) is 8.33. The average Bonchev–Trinajstić information content (AvgIpc) is 2.18. The van der Waals surface area contributed by atoms with E-state index >= 15 is 0 Å². The van der Waals surface area contributed by atoms with E-state index in [1.165, 1.54) is 0 Å². The predicted molar refractivity (Wildman–Crippen MR) is 51.6 cm³/mol. The standard InChI is InChI=1S/C9H14FN3O/c1-7(3-4-14-2)13-9-11-5-8(10)6-12-9/h5-7H,3-4H2,1-2H3,(H,11,12,13). The van der Waals surface area contributed by atoms with Crippen molar-refractivity contribution in [3.8, 4) is 0 Å². The number of hydrogen-bond donors (Lipinski definition) is 1. The molecule has 1 atom stereocenters. The molecule has 0 bridgehead atoms. The van der Waals surface area contributed by atoms with Gasteiger partial charge in [0.25, 0.3) is 0 Å². The summed E-state index contributed by atoms with van der Waals surface area (Å²) in [6, 6.07) is 0.209. The van der Waals surface area contributed by atoms with Gasteiger partial charge in [0.1, 0.15) is 0 Å². The van der Waals surface area contributed by atoms with Crippen molar-refractivity contribution in [2.75, 3.05) is 19.0 Å². The predicted octanol–water partition coefficient (Wildman–Crippen LogP) is 1.45. The molecular formula is C9H14FN3O. The van der Waals surface area contributed by atoms with Gasteiger partial charge in [-0.1, -0.05) is 0 Å². The van der Waals surface area contributed by atoms with Crippen molar-refractivity contribution in [2.24, 2.45) is 0 Å². The fourth-order valence-electron chi connectivity index (χ4n) is 0.974. The fraction of sp³-hybridized carbons (Fsp3) is 0.556. The van der Waals surface area contributed by atoms with Gasteiger partial charge in [-0.15, -0.1) is 0 Å². The van der Waals surface area contributed by atoms with Crippen LogP contribution in [0, 0.1) is 5.82 Å². The lowest BCUT2D eigenvalue weighted by Crippen LogP contribution is -2.18. The summed E-state index contributed by atoms with van der Waals surface area (Å²) in [6.07, 6.45) is 3.13. The van der Waals surface area contributed by atoms with Crippen LogP contribution in [0.15, 0.2) is 12.4 Å². The lowest BCUT2D eigenvalue weighted by atomic mass is 10.2. The minimum atomic E-state index is -0.430. The van der Waals surface area contributed by atoms with Crippen molar-refractivity contribution in [1.29, 1.82) is 0 Å². The van der Waals surface area contributed by atoms with Crippen LogP contribution in [0.2, 0.25) is 0 Å². The summed E-state index contributed by atoms with van der Waals surface area (Å²) in [6.45, 7) is 2.67. The van der Waals surface area contributed by atoms with Crippen LogP contribution in [0.1, 0.15) is 13.3 Å². The van der Waals surface area contributed by atoms with Gasteiger partial charge in [0.2, 0.25) is 5.95 Å². The number of halogens is 1. The zero-order valence-electron chi connectivity index (χ0n) is 8.33. The number of rotatable bonds is 5. The van der Waals surface area contributed by atoms with Crippen LogP contribution < -0.4 is 5.32 Å². The van der Waals surface area contributed by atoms with Crippen LogP contribution in [0.3, 0.4) is 0 Å². The van der Waals surface area contributed by atoms with Crippen LogP contribution in [-0.4, -0.2) is 29.7 Å². The first kappa shape index (κ1) is 10.8. The lowest BCUT2D eigenvalue weighted by molar-refractivity contribution is 0.191. The third-order valence-corrected chi connectivity index (χ3v) is 1.75. The molecule has 1 unspecified atom stereocenters. The summed E-state index contributed by atoms with van der Waals surface area (Å²) in [5, 5.41) is 3.04. The second kappa shape index (κ2) is 5.49. The fourth-order valence-corrected chi connectivity index (χ4v) is 0.974. The quantitative estimate of drug-likeness (QED) is 0.779. The zero-order chi connectivity index (χ0) is 10.4. The maximum atomic E-state index is 12.5. The van der Waals surface area contributed by atoms with Gasteiger partial charge < -0.3 is 10.1 Å². The Balaban J connectivity index is 2.39. The van der Waals surface area contributed by atoms with Crippen molar-refractivity contribution >= 4 is 5.95 Å². The number of hydrogen-bond acceptors (Lipinski definition) is 4. The van der Waals surface area contributed by atoms with Crippen molar-refractivity contribution in [3.05, 3.63) is 18.2 Å². The Hall–Kier alpha value is -1.23. The normalized spacial score (nSPS) is 12.5. The van der Waals surface area contributed by atoms with Crippen molar-refractivity contribution in [2.45, 2.75) is 19.4 Å². The minimum Gasteiger partial charge on any atom is -0.385 e. The summed E-state index contributed by atoms with van der Waals surface area (Å²) in [7, 11) is 1.65. The van der Waals surface area contributed by atoms with Gasteiger partial charge in [-0.2, -0.15) is 0 Å². The van der Waals surface area contributed by atoms with E-state index in [9.17, 15) is 4.39 Å². The Morgan fingerprint density at radius 3 is 2.71 bits per heavy atom. The monoisotopic (exact) mass is 199 g/mol. The molecule has 1 N–H and O–H groups in total. The molecular weight excluding hydrogens is 185 g/mol. The Bertz CT molecular complexity index is 265. The van der Waals surface area contributed by atoms with E-state index in [0.717, 1.165) is 18.8 Å². The van der Waals surface area contributed by atoms with Gasteiger partial charge >= 0.3 is 0 Å². The van der Waals surface area contributed by atoms with Crippen LogP contribution in [0.25, 0.3) is 0 Å². The van der Waals surface area contributed by atoms with E-state index in [1.807, 2.05) is 6.92 Å². The van der Waals surface area contributed by atoms with Gasteiger partial charge in [0.15, 0.2) is 5.82 Å². The summed E-state index contributed by atoms with van der Waals surface area (Å²) < 4.78 is 17.4. The molecule has 0 spiro atoms. The molecule has 0 aromatic carbocycles. The van der Waals surface area contributed by atoms with E-state index in [-0.39, 0.29) is 6.04 Å². The van der Waals surface area contributed by atoms with Crippen molar-refractivity contribution < 1.29 is 9.13 Å². The molecule has 0 amide bonds. The van der Waals surface area contributed by atoms with E-state index < -0.39 is 5.82 Å². The molecule has 0 fully saturated rings. The first-order valence-corrected chi connectivity index (χ1v) is 4.45. The second-order valence-electron chi connectivity index (χ2n) is 3.05. The molecule has 1 rings (SSSR count). The Morgan fingerprint density at radius 2 is 2.14 bits per heavy atom. The topological polar surface area (TPSA) is 47.0 Å². The van der Waals surface area contributed by atoms with E-state index in [2.05, 4.69) is 15.3 Å². The van der Waals surface area contributed by atoms with Gasteiger partial charge in [-0.05, 0) is 13.3 Å². The van der Waals surface area contributed by atoms with Gasteiger partial charge in [0, 0.05) is 19.8 Å². The molecule has 0 saturated carbocycles. The summed E-state index contributed by atoms with van der Waals surface area (Å²) in [5.74, 6) is 0.00935. The Morgan fingerprint density at radius 1 is 1.50 bits per heavy atom. The van der Waals surface area contributed by atoms with E-state index in [0.29, 0.717) is 12.6 Å². The van der Waals surface area contributed by atoms with Crippen molar-refractivity contribution in [1.82, 2.24) is 9.97 Å². The highest BCUT2D eigenvalue weighted by Crippen LogP contribution is 2.02. The number of ether oxygens (including phenoxy) is 1. The number of anilines is 1. The third-order valence-electron chi connectivity index (χ3n) is 1.75. The summed E-state index contributed by atoms with van der Waals surface area (Å²) >= 11 is 0. The third kappa shape index (κ3) is 3.66. The first-order chi connectivity index (χ1) is 6.72. The molecule has 1 heterocycles. The number of nitrogens with one attached hydrogen (secondary N) is 1. The maximum absolute atomic E-state index is 12.5.